The highest BCUT2D eigenvalue weighted by atomic mass is 32.2. The smallest absolute Gasteiger partial charge is 0.175 e. The lowest BCUT2D eigenvalue weighted by molar-refractivity contribution is -0.114. The van der Waals surface area contributed by atoms with Gasteiger partial charge in [-0.15, -0.1) is 0 Å². The molecule has 1 aliphatic heterocycles. The molecule has 1 aromatic carbocycles. The number of carbonyl (C=O) groups excluding carboxylic acids is 1. The molecule has 30 heavy (non-hydrogen) atoms. The molecule has 156 valence electrons. The molecule has 1 saturated carbocycles. The summed E-state index contributed by atoms with van der Waals surface area (Å²) in [6.07, 6.45) is 7.56. The molecule has 5 rings (SSSR count). The number of nitrogens with one attached hydrogen (secondary N) is 1. The standard InChI is InChI=1S/C21H23N5O3S/c1-30(28,29)16-4-2-3-15(11-16)18(12-27)26-10-9-25(13-21(26)6-7-21)20-17-5-8-22-19(17)23-14-24-20/h2-5,8,11-12,14,18H,6-7,9-10,13H2,1H3,(H,22,23,24). The monoisotopic (exact) mass is 425 g/mol. The van der Waals surface area contributed by atoms with E-state index in [2.05, 4.69) is 24.8 Å². The van der Waals surface area contributed by atoms with Crippen molar-refractivity contribution < 1.29 is 13.2 Å². The molecule has 3 aromatic rings. The van der Waals surface area contributed by atoms with Crippen LogP contribution in [0.2, 0.25) is 0 Å². The van der Waals surface area contributed by atoms with Crippen LogP contribution in [0.5, 0.6) is 0 Å². The lowest BCUT2D eigenvalue weighted by Crippen LogP contribution is -2.56. The van der Waals surface area contributed by atoms with E-state index in [1.807, 2.05) is 18.3 Å². The molecular weight excluding hydrogens is 402 g/mol. The van der Waals surface area contributed by atoms with Crippen LogP contribution in [0.3, 0.4) is 0 Å². The van der Waals surface area contributed by atoms with Crippen LogP contribution in [-0.2, 0) is 14.6 Å². The number of benzene rings is 1. The summed E-state index contributed by atoms with van der Waals surface area (Å²) in [6.45, 7) is 2.21. The first-order valence-corrected chi connectivity index (χ1v) is 11.9. The minimum atomic E-state index is -3.33. The van der Waals surface area contributed by atoms with Gasteiger partial charge in [-0.25, -0.2) is 18.4 Å². The van der Waals surface area contributed by atoms with Gasteiger partial charge in [0.1, 0.15) is 24.1 Å². The number of fused-ring (bicyclic) bond motifs is 1. The highest BCUT2D eigenvalue weighted by Crippen LogP contribution is 2.48. The van der Waals surface area contributed by atoms with Gasteiger partial charge < -0.3 is 14.7 Å². The second-order valence-corrected chi connectivity index (χ2v) is 10.2. The summed E-state index contributed by atoms with van der Waals surface area (Å²) in [4.78, 5) is 28.8. The minimum Gasteiger partial charge on any atom is -0.353 e. The second kappa shape index (κ2) is 6.88. The Morgan fingerprint density at radius 3 is 2.77 bits per heavy atom. The maximum Gasteiger partial charge on any atom is 0.175 e. The molecule has 3 heterocycles. The van der Waals surface area contributed by atoms with E-state index in [0.717, 1.165) is 54.6 Å². The third-order valence-corrected chi connectivity index (χ3v) is 7.37. The van der Waals surface area contributed by atoms with Gasteiger partial charge in [-0.2, -0.15) is 0 Å². The highest BCUT2D eigenvalue weighted by molar-refractivity contribution is 7.90. The molecule has 1 aliphatic carbocycles. The quantitative estimate of drug-likeness (QED) is 0.624. The summed E-state index contributed by atoms with van der Waals surface area (Å²) in [5.74, 6) is 0.911. The number of H-pyrrole nitrogens is 1. The van der Waals surface area contributed by atoms with Gasteiger partial charge in [0.05, 0.1) is 16.3 Å². The molecule has 0 amide bonds. The fraction of sp³-hybridized carbons (Fsp3) is 0.381. The van der Waals surface area contributed by atoms with Crippen molar-refractivity contribution in [1.82, 2.24) is 19.9 Å². The molecule has 1 spiro atoms. The number of nitrogens with zero attached hydrogens (tertiary/aromatic N) is 4. The summed E-state index contributed by atoms with van der Waals surface area (Å²) in [5, 5.41) is 0.995. The Morgan fingerprint density at radius 2 is 2.03 bits per heavy atom. The van der Waals surface area contributed by atoms with Gasteiger partial charge in [-0.1, -0.05) is 12.1 Å². The van der Waals surface area contributed by atoms with Crippen molar-refractivity contribution in [1.29, 1.82) is 0 Å². The number of sulfone groups is 1. The number of piperazine rings is 1. The van der Waals surface area contributed by atoms with E-state index in [1.165, 1.54) is 6.26 Å². The largest absolute Gasteiger partial charge is 0.353 e. The molecular formula is C21H23N5O3S. The molecule has 2 aliphatic rings. The van der Waals surface area contributed by atoms with Crippen molar-refractivity contribution in [2.45, 2.75) is 29.3 Å². The third kappa shape index (κ3) is 3.18. The first-order valence-electron chi connectivity index (χ1n) is 9.96. The predicted octanol–water partition coefficient (Wildman–Crippen LogP) is 1.96. The van der Waals surface area contributed by atoms with Crippen LogP contribution in [0.1, 0.15) is 24.4 Å². The van der Waals surface area contributed by atoms with Gasteiger partial charge in [0.15, 0.2) is 9.84 Å². The van der Waals surface area contributed by atoms with Crippen LogP contribution < -0.4 is 4.90 Å². The van der Waals surface area contributed by atoms with Crippen molar-refractivity contribution in [3.8, 4) is 0 Å². The zero-order chi connectivity index (χ0) is 20.9. The van der Waals surface area contributed by atoms with Crippen LogP contribution in [0.15, 0.2) is 47.8 Å². The van der Waals surface area contributed by atoms with Crippen molar-refractivity contribution in [3.05, 3.63) is 48.4 Å². The van der Waals surface area contributed by atoms with Crippen molar-refractivity contribution in [2.75, 3.05) is 30.8 Å². The lowest BCUT2D eigenvalue weighted by Gasteiger charge is -2.45. The van der Waals surface area contributed by atoms with Gasteiger partial charge in [-0.3, -0.25) is 4.90 Å². The Balaban J connectivity index is 1.44. The van der Waals surface area contributed by atoms with E-state index in [0.29, 0.717) is 6.54 Å². The number of aldehydes is 1. The summed E-state index contributed by atoms with van der Waals surface area (Å²) >= 11 is 0. The molecule has 0 radical (unpaired) electrons. The van der Waals surface area contributed by atoms with Crippen LogP contribution >= 0.6 is 0 Å². The topological polar surface area (TPSA) is 99.3 Å². The summed E-state index contributed by atoms with van der Waals surface area (Å²) in [7, 11) is -3.33. The van der Waals surface area contributed by atoms with E-state index in [1.54, 1.807) is 24.5 Å². The maximum atomic E-state index is 12.1. The van der Waals surface area contributed by atoms with Gasteiger partial charge in [0.25, 0.3) is 0 Å². The van der Waals surface area contributed by atoms with Crippen molar-refractivity contribution in [2.24, 2.45) is 0 Å². The van der Waals surface area contributed by atoms with E-state index < -0.39 is 15.9 Å². The number of aromatic nitrogens is 3. The Kier molecular flexibility index (Phi) is 4.41. The average molecular weight is 426 g/mol. The fourth-order valence-electron chi connectivity index (χ4n) is 4.57. The van der Waals surface area contributed by atoms with Gasteiger partial charge in [-0.05, 0) is 36.6 Å². The Hall–Kier alpha value is -2.78. The first-order chi connectivity index (χ1) is 14.4. The molecule has 1 saturated heterocycles. The summed E-state index contributed by atoms with van der Waals surface area (Å²) in [5.41, 5.74) is 1.44. The number of carbonyl (C=O) groups is 1. The van der Waals surface area contributed by atoms with Crippen LogP contribution in [0, 0.1) is 0 Å². The number of rotatable bonds is 5. The highest BCUT2D eigenvalue weighted by Gasteiger charge is 2.53. The predicted molar refractivity (Wildman–Crippen MR) is 113 cm³/mol. The fourth-order valence-corrected chi connectivity index (χ4v) is 5.24. The second-order valence-electron chi connectivity index (χ2n) is 8.20. The molecule has 0 bridgehead atoms. The van der Waals surface area contributed by atoms with E-state index in [-0.39, 0.29) is 10.4 Å². The van der Waals surface area contributed by atoms with Crippen molar-refractivity contribution >= 4 is 33.0 Å². The molecule has 9 heteroatoms. The Morgan fingerprint density at radius 1 is 1.20 bits per heavy atom. The number of aromatic amines is 1. The maximum absolute atomic E-state index is 12.1. The number of hydrogen-bond acceptors (Lipinski definition) is 7. The zero-order valence-corrected chi connectivity index (χ0v) is 17.5. The van der Waals surface area contributed by atoms with Gasteiger partial charge in [0, 0.05) is 37.6 Å². The minimum absolute atomic E-state index is 0.0987. The van der Waals surface area contributed by atoms with Crippen molar-refractivity contribution in [3.63, 3.8) is 0 Å². The van der Waals surface area contributed by atoms with E-state index >= 15 is 0 Å². The average Bonchev–Trinajstić information content (AvgIpc) is 3.31. The molecule has 8 nitrogen and oxygen atoms in total. The first kappa shape index (κ1) is 19.2. The van der Waals surface area contributed by atoms with E-state index in [4.69, 9.17) is 0 Å². The molecule has 1 unspecified atom stereocenters. The van der Waals surface area contributed by atoms with Crippen LogP contribution in [-0.4, -0.2) is 66.0 Å². The van der Waals surface area contributed by atoms with E-state index in [9.17, 15) is 13.2 Å². The van der Waals surface area contributed by atoms with Crippen LogP contribution in [0.25, 0.3) is 11.0 Å². The molecule has 1 atom stereocenters. The number of hydrogen-bond donors (Lipinski definition) is 1. The third-order valence-electron chi connectivity index (χ3n) is 6.26. The zero-order valence-electron chi connectivity index (χ0n) is 16.7. The normalized spacial score (nSPS) is 19.8. The molecule has 2 aromatic heterocycles. The molecule has 2 fully saturated rings. The Bertz CT molecular complexity index is 1220. The summed E-state index contributed by atoms with van der Waals surface area (Å²) < 4.78 is 23.9. The Labute approximate surface area is 174 Å². The van der Waals surface area contributed by atoms with Gasteiger partial charge in [0.2, 0.25) is 0 Å². The SMILES string of the molecule is CS(=O)(=O)c1cccc(C(C=O)N2CCN(c3ncnc4[nH]ccc34)CC23CC3)c1. The van der Waals surface area contributed by atoms with Gasteiger partial charge >= 0.3 is 0 Å². The van der Waals surface area contributed by atoms with Crippen LogP contribution in [0.4, 0.5) is 5.82 Å². The lowest BCUT2D eigenvalue weighted by atomic mass is 10.0. The summed E-state index contributed by atoms with van der Waals surface area (Å²) in [6, 6.07) is 8.27. The molecule has 1 N–H and O–H groups in total. The number of anilines is 1.